The summed E-state index contributed by atoms with van der Waals surface area (Å²) >= 11 is 3.42. The molecule has 20 heavy (non-hydrogen) atoms. The summed E-state index contributed by atoms with van der Waals surface area (Å²) in [5.74, 6) is -0.0385. The summed E-state index contributed by atoms with van der Waals surface area (Å²) in [6, 6.07) is 13.6. The van der Waals surface area contributed by atoms with E-state index in [1.807, 2.05) is 49.4 Å². The number of aryl methyl sites for hydroxylation is 1. The van der Waals surface area contributed by atoms with Gasteiger partial charge in [-0.3, -0.25) is 4.79 Å². The van der Waals surface area contributed by atoms with Gasteiger partial charge in [-0.05, 0) is 41.8 Å². The Labute approximate surface area is 127 Å². The molecule has 0 aliphatic carbocycles. The zero-order chi connectivity index (χ0) is 14.5. The summed E-state index contributed by atoms with van der Waals surface area (Å²) in [5.41, 5.74) is 9.55. The normalized spacial score (nSPS) is 10.3. The third kappa shape index (κ3) is 3.92. The van der Waals surface area contributed by atoms with Gasteiger partial charge in [0.05, 0.1) is 6.42 Å². The summed E-state index contributed by atoms with van der Waals surface area (Å²) in [6.07, 6.45) is 0.332. The summed E-state index contributed by atoms with van der Waals surface area (Å²) in [6.45, 7) is 2.43. The molecule has 1 amide bonds. The Hall–Kier alpha value is -1.65. The summed E-state index contributed by atoms with van der Waals surface area (Å²) in [4.78, 5) is 12.1. The molecule has 2 aromatic carbocycles. The van der Waals surface area contributed by atoms with Crippen LogP contribution in [-0.4, -0.2) is 5.91 Å². The molecule has 0 atom stereocenters. The number of hydrogen-bond donors (Lipinski definition) is 2. The van der Waals surface area contributed by atoms with E-state index in [4.69, 9.17) is 5.73 Å². The highest BCUT2D eigenvalue weighted by Gasteiger charge is 2.08. The van der Waals surface area contributed by atoms with Crippen LogP contribution in [0.2, 0.25) is 0 Å². The van der Waals surface area contributed by atoms with Crippen LogP contribution in [0.15, 0.2) is 46.9 Å². The molecule has 3 nitrogen and oxygen atoms in total. The molecule has 0 aromatic heterocycles. The van der Waals surface area contributed by atoms with Crippen LogP contribution in [0.5, 0.6) is 0 Å². The molecule has 0 unspecified atom stereocenters. The van der Waals surface area contributed by atoms with Gasteiger partial charge < -0.3 is 11.1 Å². The maximum atomic E-state index is 12.1. The molecule has 2 rings (SSSR count). The maximum Gasteiger partial charge on any atom is 0.228 e. The lowest BCUT2D eigenvalue weighted by atomic mass is 10.0. The first kappa shape index (κ1) is 14.8. The van der Waals surface area contributed by atoms with Crippen LogP contribution in [0.4, 0.5) is 5.69 Å². The zero-order valence-corrected chi connectivity index (χ0v) is 12.9. The van der Waals surface area contributed by atoms with Gasteiger partial charge in [0, 0.05) is 16.7 Å². The fourth-order valence-corrected chi connectivity index (χ4v) is 2.72. The van der Waals surface area contributed by atoms with Gasteiger partial charge in [-0.1, -0.05) is 40.2 Å². The van der Waals surface area contributed by atoms with Gasteiger partial charge in [-0.15, -0.1) is 0 Å². The number of nitrogens with one attached hydrogen (secondary N) is 1. The Morgan fingerprint density at radius 2 is 1.90 bits per heavy atom. The molecule has 0 heterocycles. The SMILES string of the molecule is Cc1cc(Br)cc(NC(=O)Cc2ccccc2CN)c1. The quantitative estimate of drug-likeness (QED) is 0.901. The molecule has 3 N–H and O–H groups in total. The minimum absolute atomic E-state index is 0.0385. The van der Waals surface area contributed by atoms with Crippen molar-refractivity contribution < 1.29 is 4.79 Å². The second kappa shape index (κ2) is 6.68. The number of anilines is 1. The van der Waals surface area contributed by atoms with E-state index >= 15 is 0 Å². The molecule has 104 valence electrons. The molecule has 2 aromatic rings. The summed E-state index contributed by atoms with van der Waals surface area (Å²) in [7, 11) is 0. The molecule has 0 aliphatic heterocycles. The van der Waals surface area contributed by atoms with Crippen molar-refractivity contribution in [2.45, 2.75) is 19.9 Å². The number of hydrogen-bond acceptors (Lipinski definition) is 2. The van der Waals surface area contributed by atoms with Crippen LogP contribution < -0.4 is 11.1 Å². The van der Waals surface area contributed by atoms with Crippen molar-refractivity contribution in [2.75, 3.05) is 5.32 Å². The van der Waals surface area contributed by atoms with Gasteiger partial charge in [-0.2, -0.15) is 0 Å². The molecule has 4 heteroatoms. The van der Waals surface area contributed by atoms with E-state index in [-0.39, 0.29) is 5.91 Å². The summed E-state index contributed by atoms with van der Waals surface area (Å²) in [5, 5.41) is 2.91. The maximum absolute atomic E-state index is 12.1. The lowest BCUT2D eigenvalue weighted by molar-refractivity contribution is -0.115. The number of rotatable bonds is 4. The molecule has 0 fully saturated rings. The van der Waals surface area contributed by atoms with E-state index in [1.54, 1.807) is 0 Å². The van der Waals surface area contributed by atoms with E-state index in [0.29, 0.717) is 13.0 Å². The second-order valence-corrected chi connectivity index (χ2v) is 5.63. The van der Waals surface area contributed by atoms with E-state index in [1.165, 1.54) is 0 Å². The van der Waals surface area contributed by atoms with Crippen LogP contribution in [0.1, 0.15) is 16.7 Å². The zero-order valence-electron chi connectivity index (χ0n) is 11.3. The third-order valence-corrected chi connectivity index (χ3v) is 3.47. The molecule has 0 radical (unpaired) electrons. The minimum Gasteiger partial charge on any atom is -0.326 e. The number of carbonyl (C=O) groups excluding carboxylic acids is 1. The van der Waals surface area contributed by atoms with Gasteiger partial charge in [0.1, 0.15) is 0 Å². The highest BCUT2D eigenvalue weighted by atomic mass is 79.9. The minimum atomic E-state index is -0.0385. The number of carbonyl (C=O) groups is 1. The van der Waals surface area contributed by atoms with Crippen molar-refractivity contribution in [3.8, 4) is 0 Å². The Balaban J connectivity index is 2.09. The van der Waals surface area contributed by atoms with E-state index in [2.05, 4.69) is 21.2 Å². The Kier molecular flexibility index (Phi) is 4.93. The fourth-order valence-electron chi connectivity index (χ4n) is 2.12. The fraction of sp³-hybridized carbons (Fsp3) is 0.188. The Morgan fingerprint density at radius 3 is 2.55 bits per heavy atom. The van der Waals surface area contributed by atoms with Gasteiger partial charge in [0.2, 0.25) is 5.91 Å². The lowest BCUT2D eigenvalue weighted by Gasteiger charge is -2.09. The molecular weight excluding hydrogens is 316 g/mol. The highest BCUT2D eigenvalue weighted by Crippen LogP contribution is 2.19. The Morgan fingerprint density at radius 1 is 1.20 bits per heavy atom. The van der Waals surface area contributed by atoms with Gasteiger partial charge >= 0.3 is 0 Å². The number of amides is 1. The van der Waals surface area contributed by atoms with Crippen molar-refractivity contribution in [3.05, 3.63) is 63.6 Å². The molecule has 0 aliphatic rings. The van der Waals surface area contributed by atoms with Crippen molar-refractivity contribution in [1.82, 2.24) is 0 Å². The van der Waals surface area contributed by atoms with Crippen LogP contribution in [-0.2, 0) is 17.8 Å². The topological polar surface area (TPSA) is 55.1 Å². The van der Waals surface area contributed by atoms with Crippen molar-refractivity contribution in [2.24, 2.45) is 5.73 Å². The predicted octanol–water partition coefficient (Wildman–Crippen LogP) is 3.40. The number of benzene rings is 2. The summed E-state index contributed by atoms with van der Waals surface area (Å²) < 4.78 is 0.954. The largest absolute Gasteiger partial charge is 0.326 e. The van der Waals surface area contributed by atoms with Crippen molar-refractivity contribution in [3.63, 3.8) is 0 Å². The van der Waals surface area contributed by atoms with E-state index in [0.717, 1.165) is 26.9 Å². The first-order chi connectivity index (χ1) is 9.58. The first-order valence-electron chi connectivity index (χ1n) is 6.42. The average Bonchev–Trinajstić information content (AvgIpc) is 2.37. The molecule has 0 saturated heterocycles. The molecule has 0 spiro atoms. The molecule has 0 saturated carbocycles. The van der Waals surface area contributed by atoms with Gasteiger partial charge in [-0.25, -0.2) is 0 Å². The highest BCUT2D eigenvalue weighted by molar-refractivity contribution is 9.10. The van der Waals surface area contributed by atoms with Gasteiger partial charge in [0.25, 0.3) is 0 Å². The van der Waals surface area contributed by atoms with Crippen LogP contribution in [0.25, 0.3) is 0 Å². The number of halogens is 1. The smallest absolute Gasteiger partial charge is 0.228 e. The second-order valence-electron chi connectivity index (χ2n) is 4.72. The third-order valence-electron chi connectivity index (χ3n) is 3.02. The Bertz CT molecular complexity index is 605. The molecular formula is C16H17BrN2O. The van der Waals surface area contributed by atoms with E-state index < -0.39 is 0 Å². The van der Waals surface area contributed by atoms with E-state index in [9.17, 15) is 4.79 Å². The standard InChI is InChI=1S/C16H17BrN2O/c1-11-6-14(17)9-15(7-11)19-16(20)8-12-4-2-3-5-13(12)10-18/h2-7,9H,8,10,18H2,1H3,(H,19,20). The van der Waals surface area contributed by atoms with Crippen LogP contribution >= 0.6 is 15.9 Å². The lowest BCUT2D eigenvalue weighted by Crippen LogP contribution is -2.16. The number of nitrogens with two attached hydrogens (primary N) is 1. The predicted molar refractivity (Wildman–Crippen MR) is 85.5 cm³/mol. The van der Waals surface area contributed by atoms with Crippen LogP contribution in [0, 0.1) is 6.92 Å². The first-order valence-corrected chi connectivity index (χ1v) is 7.21. The van der Waals surface area contributed by atoms with Crippen LogP contribution in [0.3, 0.4) is 0 Å². The van der Waals surface area contributed by atoms with Gasteiger partial charge in [0.15, 0.2) is 0 Å². The molecule has 0 bridgehead atoms. The van der Waals surface area contributed by atoms with Crippen molar-refractivity contribution in [1.29, 1.82) is 0 Å². The average molecular weight is 333 g/mol. The monoisotopic (exact) mass is 332 g/mol. The van der Waals surface area contributed by atoms with Crippen molar-refractivity contribution >= 4 is 27.5 Å².